The molecule has 2 rings (SSSR count). The number of hydrogen-bond donors (Lipinski definition) is 0. The monoisotopic (exact) mass is 419 g/mol. The number of carbonyl (C=O) groups excluding carboxylic acids is 1. The highest BCUT2D eigenvalue weighted by atomic mass is 35.5. The third-order valence-electron chi connectivity index (χ3n) is 5.08. The summed E-state index contributed by atoms with van der Waals surface area (Å²) in [5.74, 6) is -0.481. The van der Waals surface area contributed by atoms with Crippen molar-refractivity contribution in [3.05, 3.63) is 34.2 Å². The van der Waals surface area contributed by atoms with Crippen LogP contribution in [0.1, 0.15) is 83.1 Å². The van der Waals surface area contributed by atoms with Crippen LogP contribution in [0.5, 0.6) is 0 Å². The SMILES string of the molecule is CCc1cc(CCC(C)(C)C)ncc1-c1c(Cl)c(C(=O)OC(C)CC)nn1CC. The third kappa shape index (κ3) is 5.81. The van der Waals surface area contributed by atoms with Gasteiger partial charge in [-0.25, -0.2) is 4.79 Å². The van der Waals surface area contributed by atoms with Gasteiger partial charge in [0.1, 0.15) is 5.02 Å². The summed E-state index contributed by atoms with van der Waals surface area (Å²) >= 11 is 6.64. The van der Waals surface area contributed by atoms with Gasteiger partial charge < -0.3 is 4.74 Å². The van der Waals surface area contributed by atoms with Crippen LogP contribution < -0.4 is 0 Å². The maximum Gasteiger partial charge on any atom is 0.360 e. The highest BCUT2D eigenvalue weighted by molar-refractivity contribution is 6.35. The number of ether oxygens (including phenoxy) is 1. The standard InChI is InChI=1S/C23H34ClN3O2/c1-8-15(4)29-22(28)20-19(24)21(27(10-3)26-20)18-14-25-17(13-16(18)9-2)11-12-23(5,6)7/h13-15H,8-12H2,1-7H3. The molecular weight excluding hydrogens is 386 g/mol. The van der Waals surface area contributed by atoms with E-state index in [0.717, 1.165) is 48.2 Å². The summed E-state index contributed by atoms with van der Waals surface area (Å²) in [6.07, 6.45) is 5.29. The average molecular weight is 420 g/mol. The number of halogens is 1. The number of hydrogen-bond acceptors (Lipinski definition) is 4. The fourth-order valence-corrected chi connectivity index (χ4v) is 3.38. The number of esters is 1. The molecule has 160 valence electrons. The van der Waals surface area contributed by atoms with Gasteiger partial charge >= 0.3 is 5.97 Å². The Bertz CT molecular complexity index is 853. The van der Waals surface area contributed by atoms with Crippen LogP contribution >= 0.6 is 11.6 Å². The van der Waals surface area contributed by atoms with Crippen molar-refractivity contribution in [2.24, 2.45) is 5.41 Å². The van der Waals surface area contributed by atoms with Crippen LogP contribution in [0.15, 0.2) is 12.3 Å². The lowest BCUT2D eigenvalue weighted by Gasteiger charge is -2.18. The summed E-state index contributed by atoms with van der Waals surface area (Å²) in [6.45, 7) is 15.2. The highest BCUT2D eigenvalue weighted by Gasteiger charge is 2.26. The fraction of sp³-hybridized carbons (Fsp3) is 0.609. The van der Waals surface area contributed by atoms with Gasteiger partial charge in [-0.2, -0.15) is 5.10 Å². The molecule has 0 aromatic carbocycles. The van der Waals surface area contributed by atoms with Crippen LogP contribution in [-0.4, -0.2) is 26.8 Å². The zero-order valence-corrected chi connectivity index (χ0v) is 19.6. The molecule has 2 heterocycles. The van der Waals surface area contributed by atoms with Gasteiger partial charge in [-0.15, -0.1) is 0 Å². The lowest BCUT2D eigenvalue weighted by Crippen LogP contribution is -2.15. The average Bonchev–Trinajstić information content (AvgIpc) is 3.01. The molecule has 0 radical (unpaired) electrons. The Labute approximate surface area is 179 Å². The Morgan fingerprint density at radius 2 is 1.97 bits per heavy atom. The molecule has 0 spiro atoms. The van der Waals surface area contributed by atoms with Crippen LogP contribution in [0.4, 0.5) is 0 Å². The minimum Gasteiger partial charge on any atom is -0.458 e. The highest BCUT2D eigenvalue weighted by Crippen LogP contribution is 2.34. The summed E-state index contributed by atoms with van der Waals surface area (Å²) in [4.78, 5) is 17.2. The molecular formula is C23H34ClN3O2. The third-order valence-corrected chi connectivity index (χ3v) is 5.44. The topological polar surface area (TPSA) is 57.0 Å². The van der Waals surface area contributed by atoms with Gasteiger partial charge in [0.2, 0.25) is 0 Å². The zero-order valence-electron chi connectivity index (χ0n) is 18.8. The molecule has 1 atom stereocenters. The second-order valence-corrected chi connectivity index (χ2v) is 9.08. The molecule has 0 amide bonds. The van der Waals surface area contributed by atoms with Gasteiger partial charge in [0, 0.05) is 24.0 Å². The molecule has 1 unspecified atom stereocenters. The van der Waals surface area contributed by atoms with E-state index in [2.05, 4.69) is 43.8 Å². The molecule has 5 nitrogen and oxygen atoms in total. The molecule has 0 aliphatic heterocycles. The normalized spacial score (nSPS) is 12.8. The smallest absolute Gasteiger partial charge is 0.360 e. The molecule has 0 N–H and O–H groups in total. The number of nitrogens with zero attached hydrogens (tertiary/aromatic N) is 3. The van der Waals surface area contributed by atoms with E-state index in [1.54, 1.807) is 4.68 Å². The number of aryl methyl sites for hydroxylation is 3. The van der Waals surface area contributed by atoms with Crippen LogP contribution in [0.2, 0.25) is 5.02 Å². The van der Waals surface area contributed by atoms with Crippen molar-refractivity contribution >= 4 is 17.6 Å². The molecule has 6 heteroatoms. The molecule has 0 fully saturated rings. The maximum absolute atomic E-state index is 12.5. The number of pyridine rings is 1. The van der Waals surface area contributed by atoms with E-state index in [0.29, 0.717) is 11.6 Å². The van der Waals surface area contributed by atoms with Crippen LogP contribution in [-0.2, 0) is 24.1 Å². The van der Waals surface area contributed by atoms with Gasteiger partial charge in [0.25, 0.3) is 0 Å². The molecule has 0 aliphatic carbocycles. The number of aromatic nitrogens is 3. The van der Waals surface area contributed by atoms with E-state index in [-0.39, 0.29) is 17.2 Å². The van der Waals surface area contributed by atoms with Crippen LogP contribution in [0.3, 0.4) is 0 Å². The van der Waals surface area contributed by atoms with Gasteiger partial charge in [0.15, 0.2) is 5.69 Å². The minimum atomic E-state index is -0.481. The Morgan fingerprint density at radius 1 is 1.28 bits per heavy atom. The maximum atomic E-state index is 12.5. The molecule has 29 heavy (non-hydrogen) atoms. The summed E-state index contributed by atoms with van der Waals surface area (Å²) < 4.78 is 7.20. The van der Waals surface area contributed by atoms with Gasteiger partial charge in [-0.3, -0.25) is 9.67 Å². The summed E-state index contributed by atoms with van der Waals surface area (Å²) in [7, 11) is 0. The van der Waals surface area contributed by atoms with Crippen molar-refractivity contribution in [2.75, 3.05) is 0 Å². The van der Waals surface area contributed by atoms with E-state index in [9.17, 15) is 4.79 Å². The molecule has 0 saturated heterocycles. The summed E-state index contributed by atoms with van der Waals surface area (Å²) in [5, 5.41) is 4.77. The number of rotatable bonds is 8. The van der Waals surface area contributed by atoms with E-state index in [1.807, 2.05) is 27.0 Å². The first kappa shape index (κ1) is 23.4. The van der Waals surface area contributed by atoms with Crippen molar-refractivity contribution in [2.45, 2.75) is 86.8 Å². The molecule has 0 bridgehead atoms. The first-order chi connectivity index (χ1) is 13.6. The Balaban J connectivity index is 2.44. The molecule has 2 aromatic heterocycles. The van der Waals surface area contributed by atoms with Gasteiger partial charge in [-0.05, 0) is 56.6 Å². The van der Waals surface area contributed by atoms with E-state index in [1.165, 1.54) is 0 Å². The zero-order chi connectivity index (χ0) is 21.8. The molecule has 2 aromatic rings. The fourth-order valence-electron chi connectivity index (χ4n) is 3.07. The van der Waals surface area contributed by atoms with Crippen molar-refractivity contribution in [3.8, 4) is 11.3 Å². The lowest BCUT2D eigenvalue weighted by atomic mass is 9.89. The summed E-state index contributed by atoms with van der Waals surface area (Å²) in [5.41, 5.74) is 4.33. The first-order valence-electron chi connectivity index (χ1n) is 10.6. The van der Waals surface area contributed by atoms with Crippen LogP contribution in [0, 0.1) is 5.41 Å². The van der Waals surface area contributed by atoms with E-state index < -0.39 is 5.97 Å². The van der Waals surface area contributed by atoms with Gasteiger partial charge in [0.05, 0.1) is 11.8 Å². The predicted octanol–water partition coefficient (Wildman–Crippen LogP) is 6.11. The van der Waals surface area contributed by atoms with Gasteiger partial charge in [-0.1, -0.05) is 46.2 Å². The molecule has 0 saturated carbocycles. The molecule has 0 aliphatic rings. The van der Waals surface area contributed by atoms with Crippen molar-refractivity contribution in [1.82, 2.24) is 14.8 Å². The largest absolute Gasteiger partial charge is 0.458 e. The Kier molecular flexibility index (Phi) is 7.87. The van der Waals surface area contributed by atoms with Crippen LogP contribution in [0.25, 0.3) is 11.3 Å². The minimum absolute atomic E-state index is 0.169. The van der Waals surface area contributed by atoms with Crippen molar-refractivity contribution < 1.29 is 9.53 Å². The van der Waals surface area contributed by atoms with Crippen molar-refractivity contribution in [1.29, 1.82) is 0 Å². The Hall–Kier alpha value is -1.88. The quantitative estimate of drug-likeness (QED) is 0.484. The lowest BCUT2D eigenvalue weighted by molar-refractivity contribution is 0.0326. The Morgan fingerprint density at radius 3 is 2.52 bits per heavy atom. The predicted molar refractivity (Wildman–Crippen MR) is 118 cm³/mol. The summed E-state index contributed by atoms with van der Waals surface area (Å²) in [6, 6.07) is 2.15. The second-order valence-electron chi connectivity index (χ2n) is 8.70. The second kappa shape index (κ2) is 9.75. The van der Waals surface area contributed by atoms with E-state index >= 15 is 0 Å². The van der Waals surface area contributed by atoms with E-state index in [4.69, 9.17) is 16.3 Å². The van der Waals surface area contributed by atoms with Crippen molar-refractivity contribution in [3.63, 3.8) is 0 Å². The number of carbonyl (C=O) groups is 1. The first-order valence-corrected chi connectivity index (χ1v) is 10.9.